The number of benzene rings is 2. The number of hydrogen-bond acceptors (Lipinski definition) is 3. The molecule has 1 aliphatic heterocycles. The number of unbranched alkanes of at least 4 members (excludes halogenated alkanes) is 2. The number of fused-ring (bicyclic) bond motifs is 1. The number of carboxylic acid groups (broad SMARTS) is 1. The number of aliphatic hydroxyl groups is 1. The summed E-state index contributed by atoms with van der Waals surface area (Å²) in [6.45, 7) is 6.14. The van der Waals surface area contributed by atoms with Crippen LogP contribution in [0.2, 0.25) is 0 Å². The Labute approximate surface area is 204 Å². The topological polar surface area (TPSA) is 60.8 Å². The molecular weight excluding hydrogens is 422 g/mol. The molecule has 4 nitrogen and oxygen atoms in total. The lowest BCUT2D eigenvalue weighted by Gasteiger charge is -2.39. The highest BCUT2D eigenvalue weighted by atomic mass is 16.4. The molecule has 0 aromatic heterocycles. The molecule has 4 rings (SSSR count). The van der Waals surface area contributed by atoms with Crippen molar-refractivity contribution in [1.82, 2.24) is 4.90 Å². The third kappa shape index (κ3) is 5.97. The van der Waals surface area contributed by atoms with Crippen molar-refractivity contribution < 1.29 is 15.0 Å². The van der Waals surface area contributed by atoms with Crippen molar-refractivity contribution in [2.75, 3.05) is 26.2 Å². The van der Waals surface area contributed by atoms with E-state index in [2.05, 4.69) is 36.1 Å². The summed E-state index contributed by atoms with van der Waals surface area (Å²) in [5.74, 6) is -0.109. The second kappa shape index (κ2) is 11.8. The number of hydrogen-bond donors (Lipinski definition) is 2. The predicted octanol–water partition coefficient (Wildman–Crippen LogP) is 5.96. The zero-order chi connectivity index (χ0) is 23.9. The van der Waals surface area contributed by atoms with Crippen LogP contribution in [0, 0.1) is 5.92 Å². The van der Waals surface area contributed by atoms with E-state index in [0.29, 0.717) is 5.56 Å². The third-order valence-electron chi connectivity index (χ3n) is 7.41. The van der Waals surface area contributed by atoms with Gasteiger partial charge >= 0.3 is 5.97 Å². The second-order valence-corrected chi connectivity index (χ2v) is 10.1. The van der Waals surface area contributed by atoms with Gasteiger partial charge in [-0.15, -0.1) is 0 Å². The number of likely N-dealkylation sites (tertiary alicyclic amines) is 1. The Morgan fingerprint density at radius 3 is 2.53 bits per heavy atom. The first kappa shape index (κ1) is 24.7. The number of carbonyl (C=O) groups is 1. The van der Waals surface area contributed by atoms with Crippen LogP contribution < -0.4 is 0 Å². The van der Waals surface area contributed by atoms with Gasteiger partial charge < -0.3 is 15.1 Å². The summed E-state index contributed by atoms with van der Waals surface area (Å²) in [7, 11) is 0. The Bertz CT molecular complexity index is 1000. The van der Waals surface area contributed by atoms with Gasteiger partial charge in [0.1, 0.15) is 0 Å². The maximum atomic E-state index is 11.5. The van der Waals surface area contributed by atoms with E-state index in [1.807, 2.05) is 12.1 Å². The molecule has 0 unspecified atom stereocenters. The molecule has 0 atom stereocenters. The third-order valence-corrected chi connectivity index (χ3v) is 7.41. The van der Waals surface area contributed by atoms with Gasteiger partial charge in [0.05, 0.1) is 5.56 Å². The molecule has 2 N–H and O–H groups in total. The van der Waals surface area contributed by atoms with E-state index in [0.717, 1.165) is 55.6 Å². The van der Waals surface area contributed by atoms with Crippen LogP contribution in [0.1, 0.15) is 84.5 Å². The average molecular weight is 462 g/mol. The first-order valence-corrected chi connectivity index (χ1v) is 13.1. The minimum Gasteiger partial charge on any atom is -0.478 e. The van der Waals surface area contributed by atoms with Gasteiger partial charge in [-0.2, -0.15) is 0 Å². The van der Waals surface area contributed by atoms with E-state index in [-0.39, 0.29) is 6.61 Å². The minimum absolute atomic E-state index is 0.192. The van der Waals surface area contributed by atoms with Gasteiger partial charge in [-0.25, -0.2) is 4.79 Å². The smallest absolute Gasteiger partial charge is 0.335 e. The Hall–Kier alpha value is -2.43. The van der Waals surface area contributed by atoms with Crippen molar-refractivity contribution in [3.05, 3.63) is 75.9 Å². The van der Waals surface area contributed by atoms with Crippen molar-refractivity contribution in [2.45, 2.75) is 64.7 Å². The van der Waals surface area contributed by atoms with Crippen LogP contribution in [0.25, 0.3) is 5.57 Å². The van der Waals surface area contributed by atoms with Gasteiger partial charge in [-0.05, 0) is 97.4 Å². The molecular formula is C30H39NO3. The molecule has 1 saturated heterocycles. The maximum Gasteiger partial charge on any atom is 0.335 e. The number of aliphatic hydroxyl groups excluding tert-OH is 1. The fourth-order valence-electron chi connectivity index (χ4n) is 5.60. The SMILES string of the molecule is CCCCCN1CC(Cc2ccc(C3=C(CCCO)CCCc4cc(C(=O)O)ccc43)cc2)C1. The van der Waals surface area contributed by atoms with Crippen LogP contribution in [0.5, 0.6) is 0 Å². The van der Waals surface area contributed by atoms with Gasteiger partial charge in [0, 0.05) is 19.7 Å². The van der Waals surface area contributed by atoms with Crippen LogP contribution in [-0.4, -0.2) is 47.3 Å². The summed E-state index contributed by atoms with van der Waals surface area (Å²) in [4.78, 5) is 14.1. The van der Waals surface area contributed by atoms with E-state index in [9.17, 15) is 15.0 Å². The summed E-state index contributed by atoms with van der Waals surface area (Å²) in [6.07, 6.45) is 9.60. The first-order valence-electron chi connectivity index (χ1n) is 13.1. The maximum absolute atomic E-state index is 11.5. The zero-order valence-corrected chi connectivity index (χ0v) is 20.6. The number of aromatic carboxylic acids is 1. The van der Waals surface area contributed by atoms with Gasteiger partial charge in [-0.3, -0.25) is 0 Å². The summed E-state index contributed by atoms with van der Waals surface area (Å²) >= 11 is 0. The summed E-state index contributed by atoms with van der Waals surface area (Å²) in [6, 6.07) is 14.6. The van der Waals surface area contributed by atoms with Crippen LogP contribution in [0.3, 0.4) is 0 Å². The first-order chi connectivity index (χ1) is 16.6. The Kier molecular flexibility index (Phi) is 8.58. The Morgan fingerprint density at radius 1 is 1.03 bits per heavy atom. The largest absolute Gasteiger partial charge is 0.478 e. The molecule has 4 heteroatoms. The molecule has 0 radical (unpaired) electrons. The van der Waals surface area contributed by atoms with Crippen molar-refractivity contribution >= 4 is 11.5 Å². The normalized spacial score (nSPS) is 16.8. The molecule has 2 aliphatic rings. The molecule has 2 aromatic carbocycles. The number of nitrogens with zero attached hydrogens (tertiary/aromatic N) is 1. The van der Waals surface area contributed by atoms with Crippen molar-refractivity contribution in [3.8, 4) is 0 Å². The summed E-state index contributed by atoms with van der Waals surface area (Å²) in [5, 5.41) is 18.9. The lowest BCUT2D eigenvalue weighted by molar-refractivity contribution is 0.0696. The molecule has 1 aliphatic carbocycles. The Morgan fingerprint density at radius 2 is 1.82 bits per heavy atom. The molecule has 1 heterocycles. The second-order valence-electron chi connectivity index (χ2n) is 10.1. The lowest BCUT2D eigenvalue weighted by Crippen LogP contribution is -2.47. The number of aryl methyl sites for hydroxylation is 1. The molecule has 0 saturated carbocycles. The lowest BCUT2D eigenvalue weighted by atomic mass is 9.87. The van der Waals surface area contributed by atoms with Gasteiger partial charge in [0.2, 0.25) is 0 Å². The Balaban J connectivity index is 1.52. The van der Waals surface area contributed by atoms with Crippen molar-refractivity contribution in [3.63, 3.8) is 0 Å². The van der Waals surface area contributed by atoms with E-state index < -0.39 is 5.97 Å². The van der Waals surface area contributed by atoms with E-state index >= 15 is 0 Å². The standard InChI is InChI=1S/C30H39NO3/c1-2-3-4-16-31-20-23(21-31)18-22-10-12-25(13-11-22)29-24(9-6-17-32)7-5-8-26-19-27(30(33)34)14-15-28(26)29/h10-15,19,23,32H,2-9,16-18,20-21H2,1H3,(H,33,34). The van der Waals surface area contributed by atoms with Crippen molar-refractivity contribution in [2.24, 2.45) is 5.92 Å². The molecule has 0 bridgehead atoms. The quantitative estimate of drug-likeness (QED) is 0.405. The van der Waals surface area contributed by atoms with Crippen molar-refractivity contribution in [1.29, 1.82) is 0 Å². The average Bonchev–Trinajstić information content (AvgIpc) is 3.00. The highest BCUT2D eigenvalue weighted by molar-refractivity contribution is 5.90. The highest BCUT2D eigenvalue weighted by Crippen LogP contribution is 2.37. The monoisotopic (exact) mass is 461 g/mol. The minimum atomic E-state index is -0.873. The fraction of sp³-hybridized carbons (Fsp3) is 0.500. The van der Waals surface area contributed by atoms with Gasteiger partial charge in [-0.1, -0.05) is 55.7 Å². The fourth-order valence-corrected chi connectivity index (χ4v) is 5.60. The van der Waals surface area contributed by atoms with E-state index in [1.165, 1.54) is 61.2 Å². The molecule has 34 heavy (non-hydrogen) atoms. The summed E-state index contributed by atoms with van der Waals surface area (Å²) in [5.41, 5.74) is 7.87. The zero-order valence-electron chi connectivity index (χ0n) is 20.6. The van der Waals surface area contributed by atoms with E-state index in [4.69, 9.17) is 0 Å². The number of carboxylic acids is 1. The van der Waals surface area contributed by atoms with Crippen LogP contribution in [-0.2, 0) is 12.8 Å². The van der Waals surface area contributed by atoms with Crippen LogP contribution in [0.15, 0.2) is 48.0 Å². The molecule has 1 fully saturated rings. The number of allylic oxidation sites excluding steroid dienone is 1. The molecule has 0 amide bonds. The molecule has 0 spiro atoms. The predicted molar refractivity (Wildman–Crippen MR) is 138 cm³/mol. The van der Waals surface area contributed by atoms with Crippen LogP contribution in [0.4, 0.5) is 0 Å². The molecule has 182 valence electrons. The molecule has 2 aromatic rings. The van der Waals surface area contributed by atoms with Gasteiger partial charge in [0.25, 0.3) is 0 Å². The number of rotatable bonds is 11. The van der Waals surface area contributed by atoms with Gasteiger partial charge in [0.15, 0.2) is 0 Å². The van der Waals surface area contributed by atoms with Crippen LogP contribution >= 0.6 is 0 Å². The highest BCUT2D eigenvalue weighted by Gasteiger charge is 2.26. The summed E-state index contributed by atoms with van der Waals surface area (Å²) < 4.78 is 0. The van der Waals surface area contributed by atoms with E-state index in [1.54, 1.807) is 6.07 Å².